The number of rotatable bonds is 16. The van der Waals surface area contributed by atoms with E-state index in [1.807, 2.05) is 6.92 Å². The van der Waals surface area contributed by atoms with E-state index in [0.717, 1.165) is 5.56 Å². The summed E-state index contributed by atoms with van der Waals surface area (Å²) in [7, 11) is -3.77. The Morgan fingerprint density at radius 2 is 1.54 bits per heavy atom. The number of sulfonamides is 1. The van der Waals surface area contributed by atoms with Crippen LogP contribution in [-0.2, 0) is 37.4 Å². The fourth-order valence-electron chi connectivity index (χ4n) is 3.55. The van der Waals surface area contributed by atoms with Gasteiger partial charge < -0.3 is 26.8 Å². The van der Waals surface area contributed by atoms with Gasteiger partial charge in [-0.3, -0.25) is 19.8 Å². The number of carbonyl (C=O) groups is 3. The summed E-state index contributed by atoms with van der Waals surface area (Å²) in [6, 6.07) is 11.2. The van der Waals surface area contributed by atoms with Crippen LogP contribution in [0.15, 0.2) is 48.5 Å². The Morgan fingerprint density at radius 3 is 2.08 bits per heavy atom. The van der Waals surface area contributed by atoms with Gasteiger partial charge in [0.15, 0.2) is 0 Å². The lowest BCUT2D eigenvalue weighted by Gasteiger charge is -2.23. The molecular formula is C26H36N6O6S. The first-order valence-corrected chi connectivity index (χ1v) is 14.1. The molecule has 0 aliphatic heterocycles. The third-order valence-corrected chi connectivity index (χ3v) is 7.14. The standard InChI is InChI=1S/C26H36N6O6S/c1-3-38-20-11-7-17(8-12-20)15-22(32-39(36,37)4-2)26(35)31-21(13-14-23(27)33)25(34)30-16-18-5-9-19(10-6-18)24(28)29/h5-12,21-22,32H,3-4,13-16H2,1-2H3,(H2,27,33)(H3,28,29)(H,30,34)(H,31,35). The minimum Gasteiger partial charge on any atom is -0.494 e. The van der Waals surface area contributed by atoms with E-state index >= 15 is 0 Å². The highest BCUT2D eigenvalue weighted by atomic mass is 32.2. The van der Waals surface area contributed by atoms with E-state index in [4.69, 9.17) is 21.6 Å². The second-order valence-electron chi connectivity index (χ2n) is 8.75. The number of hydrogen-bond donors (Lipinski definition) is 6. The van der Waals surface area contributed by atoms with Gasteiger partial charge in [-0.15, -0.1) is 0 Å². The van der Waals surface area contributed by atoms with Crippen LogP contribution in [0.5, 0.6) is 5.75 Å². The molecule has 2 atom stereocenters. The molecule has 0 radical (unpaired) electrons. The van der Waals surface area contributed by atoms with Crippen LogP contribution in [0.3, 0.4) is 0 Å². The van der Waals surface area contributed by atoms with Crippen LogP contribution >= 0.6 is 0 Å². The molecule has 0 fully saturated rings. The molecule has 12 nitrogen and oxygen atoms in total. The Morgan fingerprint density at radius 1 is 0.923 bits per heavy atom. The molecule has 3 amide bonds. The molecule has 0 bridgehead atoms. The zero-order chi connectivity index (χ0) is 29.0. The van der Waals surface area contributed by atoms with E-state index in [0.29, 0.717) is 23.5 Å². The molecule has 2 aromatic rings. The summed E-state index contributed by atoms with van der Waals surface area (Å²) in [6.45, 7) is 3.89. The number of nitrogens with one attached hydrogen (secondary N) is 4. The average molecular weight is 561 g/mol. The van der Waals surface area contributed by atoms with Gasteiger partial charge in [-0.1, -0.05) is 36.4 Å². The normalized spacial score (nSPS) is 12.7. The maximum atomic E-state index is 13.3. The van der Waals surface area contributed by atoms with Crippen LogP contribution in [-0.4, -0.2) is 56.4 Å². The Balaban J connectivity index is 2.18. The van der Waals surface area contributed by atoms with Crippen LogP contribution in [0.1, 0.15) is 43.4 Å². The maximum absolute atomic E-state index is 13.3. The van der Waals surface area contributed by atoms with Gasteiger partial charge in [0.1, 0.15) is 23.7 Å². The van der Waals surface area contributed by atoms with Gasteiger partial charge in [0.05, 0.1) is 12.4 Å². The molecule has 2 aromatic carbocycles. The number of amides is 3. The monoisotopic (exact) mass is 560 g/mol. The summed E-state index contributed by atoms with van der Waals surface area (Å²) in [5.41, 5.74) is 12.6. The molecule has 2 rings (SSSR count). The third-order valence-electron chi connectivity index (χ3n) is 5.74. The molecule has 13 heteroatoms. The molecule has 0 aromatic heterocycles. The van der Waals surface area contributed by atoms with Gasteiger partial charge in [-0.05, 0) is 49.9 Å². The second-order valence-corrected chi connectivity index (χ2v) is 10.8. The molecule has 212 valence electrons. The Kier molecular flexibility index (Phi) is 11.9. The van der Waals surface area contributed by atoms with E-state index in [2.05, 4.69) is 15.4 Å². The van der Waals surface area contributed by atoms with Crippen molar-refractivity contribution in [2.45, 2.75) is 51.7 Å². The maximum Gasteiger partial charge on any atom is 0.242 e. The number of primary amides is 1. The number of ether oxygens (including phenoxy) is 1. The van der Waals surface area contributed by atoms with E-state index < -0.39 is 39.8 Å². The van der Waals surface area contributed by atoms with Crippen molar-refractivity contribution in [2.24, 2.45) is 11.5 Å². The zero-order valence-electron chi connectivity index (χ0n) is 22.0. The lowest BCUT2D eigenvalue weighted by Crippen LogP contribution is -2.54. The van der Waals surface area contributed by atoms with Gasteiger partial charge in [0.2, 0.25) is 27.7 Å². The number of hydrogen-bond acceptors (Lipinski definition) is 7. The van der Waals surface area contributed by atoms with E-state index in [-0.39, 0.29) is 37.4 Å². The summed E-state index contributed by atoms with van der Waals surface area (Å²) in [5, 5.41) is 12.7. The van der Waals surface area contributed by atoms with Crippen molar-refractivity contribution >= 4 is 33.6 Å². The number of carbonyl (C=O) groups excluding carboxylic acids is 3. The van der Waals surface area contributed by atoms with Crippen LogP contribution in [0, 0.1) is 5.41 Å². The predicted molar refractivity (Wildman–Crippen MR) is 147 cm³/mol. The molecule has 0 heterocycles. The molecule has 0 saturated carbocycles. The van der Waals surface area contributed by atoms with Gasteiger partial charge >= 0.3 is 0 Å². The highest BCUT2D eigenvalue weighted by Crippen LogP contribution is 2.14. The number of nitrogens with two attached hydrogens (primary N) is 2. The van der Waals surface area contributed by atoms with Crippen molar-refractivity contribution in [1.29, 1.82) is 5.41 Å². The largest absolute Gasteiger partial charge is 0.494 e. The highest BCUT2D eigenvalue weighted by molar-refractivity contribution is 7.89. The summed E-state index contributed by atoms with van der Waals surface area (Å²) < 4.78 is 32.5. The van der Waals surface area contributed by atoms with Crippen molar-refractivity contribution in [3.05, 3.63) is 65.2 Å². The van der Waals surface area contributed by atoms with Crippen molar-refractivity contribution in [3.8, 4) is 5.75 Å². The summed E-state index contributed by atoms with van der Waals surface area (Å²) in [5.74, 6) is -1.64. The second kappa shape index (κ2) is 14.8. The fourth-order valence-corrected chi connectivity index (χ4v) is 4.34. The molecule has 39 heavy (non-hydrogen) atoms. The Bertz CT molecular complexity index is 1250. The number of amidine groups is 1. The van der Waals surface area contributed by atoms with Crippen LogP contribution in [0.4, 0.5) is 0 Å². The lowest BCUT2D eigenvalue weighted by atomic mass is 10.0. The first-order chi connectivity index (χ1) is 18.4. The summed E-state index contributed by atoms with van der Waals surface area (Å²) in [6.07, 6.45) is -0.230. The number of benzene rings is 2. The summed E-state index contributed by atoms with van der Waals surface area (Å²) >= 11 is 0. The molecule has 2 unspecified atom stereocenters. The SMILES string of the molecule is CCOc1ccc(CC(NS(=O)(=O)CC)C(=O)NC(CCC(N)=O)C(=O)NCc2ccc(C(=N)N)cc2)cc1. The minimum atomic E-state index is -3.77. The topological polar surface area (TPSA) is 207 Å². The number of nitrogen functional groups attached to an aromatic ring is 1. The first-order valence-electron chi connectivity index (χ1n) is 12.5. The molecular weight excluding hydrogens is 524 g/mol. The summed E-state index contributed by atoms with van der Waals surface area (Å²) in [4.78, 5) is 37.6. The quantitative estimate of drug-likeness (QED) is 0.125. The van der Waals surface area contributed by atoms with E-state index in [1.165, 1.54) is 6.92 Å². The average Bonchev–Trinajstić information content (AvgIpc) is 2.90. The molecule has 0 saturated heterocycles. The van der Waals surface area contributed by atoms with Crippen molar-refractivity contribution in [2.75, 3.05) is 12.4 Å². The van der Waals surface area contributed by atoms with Crippen LogP contribution in [0.2, 0.25) is 0 Å². The fraction of sp³-hybridized carbons (Fsp3) is 0.385. The smallest absolute Gasteiger partial charge is 0.242 e. The first kappa shape index (κ1) is 31.2. The van der Waals surface area contributed by atoms with E-state index in [1.54, 1.807) is 48.5 Å². The Hall–Kier alpha value is -3.97. The predicted octanol–water partition coefficient (Wildman–Crippen LogP) is 0.286. The van der Waals surface area contributed by atoms with Gasteiger partial charge in [-0.25, -0.2) is 13.1 Å². The van der Waals surface area contributed by atoms with Gasteiger partial charge in [0, 0.05) is 18.5 Å². The zero-order valence-corrected chi connectivity index (χ0v) is 22.8. The molecule has 8 N–H and O–H groups in total. The van der Waals surface area contributed by atoms with Crippen LogP contribution < -0.4 is 31.6 Å². The molecule has 0 spiro atoms. The lowest BCUT2D eigenvalue weighted by molar-refractivity contribution is -0.130. The van der Waals surface area contributed by atoms with Crippen molar-refractivity contribution in [1.82, 2.24) is 15.4 Å². The van der Waals surface area contributed by atoms with Crippen molar-refractivity contribution < 1.29 is 27.5 Å². The van der Waals surface area contributed by atoms with E-state index in [9.17, 15) is 22.8 Å². The molecule has 0 aliphatic rings. The van der Waals surface area contributed by atoms with Crippen LogP contribution in [0.25, 0.3) is 0 Å². The highest BCUT2D eigenvalue weighted by Gasteiger charge is 2.28. The van der Waals surface area contributed by atoms with Crippen molar-refractivity contribution in [3.63, 3.8) is 0 Å². The minimum absolute atomic E-state index is 0.0180. The third kappa shape index (κ3) is 10.7. The van der Waals surface area contributed by atoms with Gasteiger partial charge in [0.25, 0.3) is 0 Å². The Labute approximate surface area is 228 Å². The molecule has 0 aliphatic carbocycles. The van der Waals surface area contributed by atoms with Gasteiger partial charge in [-0.2, -0.15) is 0 Å².